The van der Waals surface area contributed by atoms with E-state index in [-0.39, 0.29) is 15.9 Å². The summed E-state index contributed by atoms with van der Waals surface area (Å²) >= 11 is 0. The van der Waals surface area contributed by atoms with Gasteiger partial charge in [-0.25, -0.2) is 8.42 Å². The van der Waals surface area contributed by atoms with Crippen LogP contribution >= 0.6 is 0 Å². The van der Waals surface area contributed by atoms with Crippen molar-refractivity contribution in [3.05, 3.63) is 24.3 Å². The molecule has 0 N–H and O–H groups in total. The lowest BCUT2D eigenvalue weighted by Gasteiger charge is -2.35. The first-order chi connectivity index (χ1) is 8.99. The first-order valence-electron chi connectivity index (χ1n) is 6.50. The van der Waals surface area contributed by atoms with Crippen molar-refractivity contribution in [2.75, 3.05) is 13.0 Å². The highest BCUT2D eigenvalue weighted by molar-refractivity contribution is 7.91. The lowest BCUT2D eigenvalue weighted by Crippen LogP contribution is -2.42. The summed E-state index contributed by atoms with van der Waals surface area (Å²) < 4.78 is 35.3. The number of ether oxygens (including phenoxy) is 1. The molecule has 114 valence electrons. The predicted molar refractivity (Wildman–Crippen MR) is 83.3 cm³/mol. The van der Waals surface area contributed by atoms with Gasteiger partial charge >= 0.3 is 0 Å². The highest BCUT2D eigenvalue weighted by atomic mass is 32.2. The fourth-order valence-electron chi connectivity index (χ4n) is 1.29. The van der Waals surface area contributed by atoms with Crippen LogP contribution in [0.15, 0.2) is 29.2 Å². The van der Waals surface area contributed by atoms with Gasteiger partial charge in [0.2, 0.25) is 9.84 Å². The van der Waals surface area contributed by atoms with Gasteiger partial charge in [0.05, 0.1) is 12.0 Å². The van der Waals surface area contributed by atoms with Crippen molar-refractivity contribution < 1.29 is 17.6 Å². The van der Waals surface area contributed by atoms with Gasteiger partial charge in [-0.2, -0.15) is 0 Å². The molecule has 0 spiro atoms. The molecule has 0 aromatic heterocycles. The fraction of sp³-hybridized carbons (Fsp3) is 0.571. The second-order valence-electron chi connectivity index (χ2n) is 6.31. The van der Waals surface area contributed by atoms with E-state index in [0.29, 0.717) is 5.75 Å². The Morgan fingerprint density at radius 1 is 1.10 bits per heavy atom. The molecule has 0 atom stereocenters. The van der Waals surface area contributed by atoms with Gasteiger partial charge in [0.1, 0.15) is 11.7 Å². The van der Waals surface area contributed by atoms with Gasteiger partial charge in [-0.15, -0.1) is 0 Å². The molecule has 20 heavy (non-hydrogen) atoms. The standard InChI is InChI=1S/C14H24O4SSi/c1-14(2,3)20(5,6)18-11-19(15,16)13-9-7-12(17-4)8-10-13/h7-10H,11H2,1-6H3. The molecule has 0 aliphatic heterocycles. The molecule has 1 rings (SSSR count). The van der Waals surface area contributed by atoms with Gasteiger partial charge in [0, 0.05) is 0 Å². The van der Waals surface area contributed by atoms with Crippen molar-refractivity contribution in [2.24, 2.45) is 0 Å². The van der Waals surface area contributed by atoms with Crippen molar-refractivity contribution in [3.8, 4) is 5.75 Å². The minimum Gasteiger partial charge on any atom is -0.497 e. The molecule has 4 nitrogen and oxygen atoms in total. The SMILES string of the molecule is COc1ccc(S(=O)(=O)CO[Si](C)(C)C(C)(C)C)cc1. The van der Waals surface area contributed by atoms with Crippen LogP contribution in [-0.4, -0.2) is 29.8 Å². The van der Waals surface area contributed by atoms with Crippen LogP contribution in [0.3, 0.4) is 0 Å². The normalized spacial score (nSPS) is 13.3. The summed E-state index contributed by atoms with van der Waals surface area (Å²) in [6.07, 6.45) is 0. The molecule has 1 aromatic rings. The smallest absolute Gasteiger partial charge is 0.201 e. The van der Waals surface area contributed by atoms with Gasteiger partial charge in [-0.3, -0.25) is 0 Å². The van der Waals surface area contributed by atoms with E-state index in [9.17, 15) is 8.42 Å². The Kier molecular flexibility index (Phi) is 5.05. The van der Waals surface area contributed by atoms with Gasteiger partial charge in [0.25, 0.3) is 0 Å². The summed E-state index contributed by atoms with van der Waals surface area (Å²) in [5.74, 6) is 0.366. The summed E-state index contributed by atoms with van der Waals surface area (Å²) in [6, 6.07) is 6.37. The first kappa shape index (κ1) is 17.2. The van der Waals surface area contributed by atoms with Crippen LogP contribution in [0.2, 0.25) is 18.1 Å². The van der Waals surface area contributed by atoms with Gasteiger partial charge in [-0.1, -0.05) is 20.8 Å². The fourth-order valence-corrected chi connectivity index (χ4v) is 4.21. The minimum atomic E-state index is -3.42. The van der Waals surface area contributed by atoms with Crippen molar-refractivity contribution in [2.45, 2.75) is 43.8 Å². The minimum absolute atomic E-state index is 0.0115. The van der Waals surface area contributed by atoms with Crippen molar-refractivity contribution in [3.63, 3.8) is 0 Å². The zero-order valence-corrected chi connectivity index (χ0v) is 14.9. The Labute approximate surface area is 123 Å². The van der Waals surface area contributed by atoms with E-state index in [1.54, 1.807) is 31.4 Å². The summed E-state index contributed by atoms with van der Waals surface area (Å²) in [5.41, 5.74) is 0. The molecule has 0 heterocycles. The molecule has 0 unspecified atom stereocenters. The lowest BCUT2D eigenvalue weighted by molar-refractivity contribution is 0.342. The maximum atomic E-state index is 12.3. The third-order valence-corrected chi connectivity index (χ3v) is 9.91. The predicted octanol–water partition coefficient (Wildman–Crippen LogP) is 3.45. The van der Waals surface area contributed by atoms with Crippen LogP contribution in [0.1, 0.15) is 20.8 Å². The van der Waals surface area contributed by atoms with E-state index < -0.39 is 18.2 Å². The zero-order valence-electron chi connectivity index (χ0n) is 13.1. The van der Waals surface area contributed by atoms with Crippen LogP contribution in [0.25, 0.3) is 0 Å². The molecule has 0 fully saturated rings. The molecule has 6 heteroatoms. The second-order valence-corrected chi connectivity index (χ2v) is 13.1. The van der Waals surface area contributed by atoms with Gasteiger partial charge in [0.15, 0.2) is 8.32 Å². The Hall–Kier alpha value is -0.853. The van der Waals surface area contributed by atoms with E-state index >= 15 is 0 Å². The molecule has 1 aromatic carbocycles. The van der Waals surface area contributed by atoms with Crippen LogP contribution < -0.4 is 4.74 Å². The maximum Gasteiger partial charge on any atom is 0.201 e. The van der Waals surface area contributed by atoms with Gasteiger partial charge < -0.3 is 9.16 Å². The summed E-state index contributed by atoms with van der Waals surface area (Å²) in [6.45, 7) is 10.3. The molecular formula is C14H24O4SSi. The Morgan fingerprint density at radius 2 is 1.60 bits per heavy atom. The largest absolute Gasteiger partial charge is 0.497 e. The molecule has 0 bridgehead atoms. The number of hydrogen-bond donors (Lipinski definition) is 0. The average molecular weight is 316 g/mol. The quantitative estimate of drug-likeness (QED) is 0.781. The molecule has 0 aliphatic carbocycles. The molecule has 0 amide bonds. The molecule has 0 saturated carbocycles. The van der Waals surface area contributed by atoms with Crippen LogP contribution in [-0.2, 0) is 14.3 Å². The first-order valence-corrected chi connectivity index (χ1v) is 11.1. The third kappa shape index (κ3) is 4.07. The van der Waals surface area contributed by atoms with Crippen molar-refractivity contribution in [1.29, 1.82) is 0 Å². The Morgan fingerprint density at radius 3 is 2.00 bits per heavy atom. The van der Waals surface area contributed by atoms with E-state index in [1.165, 1.54) is 0 Å². The highest BCUT2D eigenvalue weighted by Gasteiger charge is 2.38. The molecule has 0 radical (unpaired) electrons. The monoisotopic (exact) mass is 316 g/mol. The summed E-state index contributed by atoms with van der Waals surface area (Å²) in [5, 5.41) is -0.0115. The zero-order chi connectivity index (χ0) is 15.6. The second kappa shape index (κ2) is 5.87. The lowest BCUT2D eigenvalue weighted by atomic mass is 10.2. The van der Waals surface area contributed by atoms with Crippen LogP contribution in [0.4, 0.5) is 0 Å². The van der Waals surface area contributed by atoms with E-state index in [4.69, 9.17) is 9.16 Å². The molecular weight excluding hydrogens is 292 g/mol. The molecule has 0 aliphatic rings. The number of rotatable bonds is 5. The number of methoxy groups -OCH3 is 1. The van der Waals surface area contributed by atoms with Crippen LogP contribution in [0.5, 0.6) is 5.75 Å². The van der Waals surface area contributed by atoms with E-state index in [2.05, 4.69) is 20.8 Å². The third-order valence-electron chi connectivity index (χ3n) is 3.80. The number of hydrogen-bond acceptors (Lipinski definition) is 4. The Bertz CT molecular complexity index is 542. The van der Waals surface area contributed by atoms with Gasteiger partial charge in [-0.05, 0) is 42.4 Å². The van der Waals surface area contributed by atoms with E-state index in [0.717, 1.165) is 0 Å². The highest BCUT2D eigenvalue weighted by Crippen LogP contribution is 2.37. The maximum absolute atomic E-state index is 12.3. The summed E-state index contributed by atoms with van der Waals surface area (Å²) in [4.78, 5) is 0.261. The number of sulfone groups is 1. The molecule has 0 saturated heterocycles. The van der Waals surface area contributed by atoms with Crippen LogP contribution in [0, 0.1) is 0 Å². The van der Waals surface area contributed by atoms with Crippen molar-refractivity contribution in [1.82, 2.24) is 0 Å². The number of benzene rings is 1. The van der Waals surface area contributed by atoms with E-state index in [1.807, 2.05) is 13.1 Å². The Balaban J connectivity index is 2.85. The topological polar surface area (TPSA) is 52.6 Å². The van der Waals surface area contributed by atoms with Crippen molar-refractivity contribution >= 4 is 18.2 Å². The summed E-state index contributed by atoms with van der Waals surface area (Å²) in [7, 11) is -3.95. The average Bonchev–Trinajstić information content (AvgIpc) is 2.35.